The molecule has 1 aromatic carbocycles. The van der Waals surface area contributed by atoms with E-state index < -0.39 is 0 Å². The second-order valence-electron chi connectivity index (χ2n) is 5.92. The zero-order chi connectivity index (χ0) is 17.2. The summed E-state index contributed by atoms with van der Waals surface area (Å²) >= 11 is 0. The lowest BCUT2D eigenvalue weighted by Gasteiger charge is -2.21. The molecule has 7 nitrogen and oxygen atoms in total. The van der Waals surface area contributed by atoms with Crippen LogP contribution in [0, 0.1) is 0 Å². The van der Waals surface area contributed by atoms with Crippen molar-refractivity contribution in [1.29, 1.82) is 0 Å². The molecule has 0 bridgehead atoms. The van der Waals surface area contributed by atoms with Crippen LogP contribution < -0.4 is 5.56 Å². The summed E-state index contributed by atoms with van der Waals surface area (Å²) in [7, 11) is 0. The molecule has 7 heteroatoms. The summed E-state index contributed by atoms with van der Waals surface area (Å²) in [6.07, 6.45) is 3.07. The van der Waals surface area contributed by atoms with Crippen molar-refractivity contribution in [2.75, 3.05) is 6.54 Å². The molecule has 1 unspecified atom stereocenters. The first-order chi connectivity index (χ1) is 12.2. The van der Waals surface area contributed by atoms with E-state index in [0.29, 0.717) is 23.8 Å². The average molecular weight is 336 g/mol. The van der Waals surface area contributed by atoms with Crippen molar-refractivity contribution < 1.29 is 9.32 Å². The van der Waals surface area contributed by atoms with E-state index in [2.05, 4.69) is 15.1 Å². The molecule has 1 fully saturated rings. The summed E-state index contributed by atoms with van der Waals surface area (Å²) in [6.45, 7) is 0.617. The molecular weight excluding hydrogens is 320 g/mol. The molecule has 25 heavy (non-hydrogen) atoms. The van der Waals surface area contributed by atoms with Gasteiger partial charge in [0.25, 0.3) is 5.91 Å². The molecule has 3 aromatic rings. The Balaban J connectivity index is 1.59. The molecule has 126 valence electrons. The Morgan fingerprint density at radius 3 is 2.80 bits per heavy atom. The number of hydrogen-bond acceptors (Lipinski definition) is 5. The van der Waals surface area contributed by atoms with Crippen molar-refractivity contribution in [2.45, 2.75) is 18.9 Å². The van der Waals surface area contributed by atoms with Gasteiger partial charge in [-0.2, -0.15) is 4.98 Å². The van der Waals surface area contributed by atoms with Crippen molar-refractivity contribution in [3.05, 3.63) is 70.5 Å². The van der Waals surface area contributed by atoms with Crippen molar-refractivity contribution in [1.82, 2.24) is 20.0 Å². The number of aromatic amines is 1. The molecule has 1 atom stereocenters. The lowest BCUT2D eigenvalue weighted by atomic mass is 10.2. The summed E-state index contributed by atoms with van der Waals surface area (Å²) in [6, 6.07) is 12.2. The molecule has 0 aliphatic carbocycles. The number of benzene rings is 1. The minimum atomic E-state index is -0.246. The van der Waals surface area contributed by atoms with Gasteiger partial charge in [0.2, 0.25) is 17.3 Å². The summed E-state index contributed by atoms with van der Waals surface area (Å²) in [5.74, 6) is 0.797. The van der Waals surface area contributed by atoms with Gasteiger partial charge in [-0.3, -0.25) is 9.59 Å². The second kappa shape index (κ2) is 6.35. The van der Waals surface area contributed by atoms with Gasteiger partial charge in [-0.15, -0.1) is 0 Å². The molecule has 0 saturated carbocycles. The van der Waals surface area contributed by atoms with E-state index in [4.69, 9.17) is 4.52 Å². The maximum absolute atomic E-state index is 12.7. The standard InChI is InChI=1S/C18H16N4O3/c23-15-9-8-13(11-19-15)18(24)22-10-4-7-14(22)17-20-16(21-25-17)12-5-2-1-3-6-12/h1-3,5-6,8-9,11,14H,4,7,10H2,(H,19,23). The average Bonchev–Trinajstić information content (AvgIpc) is 3.32. The highest BCUT2D eigenvalue weighted by atomic mass is 16.5. The number of aromatic nitrogens is 3. The van der Waals surface area contributed by atoms with E-state index >= 15 is 0 Å². The van der Waals surface area contributed by atoms with Gasteiger partial charge in [0.05, 0.1) is 5.56 Å². The Morgan fingerprint density at radius 1 is 1.20 bits per heavy atom. The van der Waals surface area contributed by atoms with Gasteiger partial charge < -0.3 is 14.4 Å². The van der Waals surface area contributed by atoms with Crippen LogP contribution in [0.15, 0.2) is 58.0 Å². The van der Waals surface area contributed by atoms with Crippen LogP contribution in [0.5, 0.6) is 0 Å². The third-order valence-electron chi connectivity index (χ3n) is 4.30. The highest BCUT2D eigenvalue weighted by Gasteiger charge is 2.34. The third kappa shape index (κ3) is 2.96. The number of pyridine rings is 1. The Bertz CT molecular complexity index is 928. The topological polar surface area (TPSA) is 92.1 Å². The Morgan fingerprint density at radius 2 is 2.04 bits per heavy atom. The van der Waals surface area contributed by atoms with Crippen LogP contribution in [0.3, 0.4) is 0 Å². The Hall–Kier alpha value is -3.22. The van der Waals surface area contributed by atoms with Gasteiger partial charge in [-0.1, -0.05) is 35.5 Å². The number of rotatable bonds is 3. The first-order valence-corrected chi connectivity index (χ1v) is 8.11. The monoisotopic (exact) mass is 336 g/mol. The molecule has 1 saturated heterocycles. The van der Waals surface area contributed by atoms with Gasteiger partial charge in [-0.25, -0.2) is 0 Å². The first kappa shape index (κ1) is 15.3. The summed E-state index contributed by atoms with van der Waals surface area (Å²) in [4.78, 5) is 32.6. The van der Waals surface area contributed by atoms with Crippen LogP contribution in [-0.4, -0.2) is 32.5 Å². The van der Waals surface area contributed by atoms with E-state index in [0.717, 1.165) is 18.4 Å². The van der Waals surface area contributed by atoms with E-state index in [1.807, 2.05) is 30.3 Å². The molecule has 1 aliphatic heterocycles. The number of amides is 1. The van der Waals surface area contributed by atoms with Gasteiger partial charge in [0.1, 0.15) is 6.04 Å². The number of H-pyrrole nitrogens is 1. The zero-order valence-corrected chi connectivity index (χ0v) is 13.4. The fourth-order valence-corrected chi connectivity index (χ4v) is 3.05. The number of hydrogen-bond donors (Lipinski definition) is 1. The molecule has 1 N–H and O–H groups in total. The predicted octanol–water partition coefficient (Wildman–Crippen LogP) is 2.40. The Labute approximate surface area is 143 Å². The quantitative estimate of drug-likeness (QED) is 0.793. The number of likely N-dealkylation sites (tertiary alicyclic amines) is 1. The number of nitrogens with zero attached hydrogens (tertiary/aromatic N) is 3. The zero-order valence-electron chi connectivity index (χ0n) is 13.4. The molecule has 0 spiro atoms. The molecule has 3 heterocycles. The highest BCUT2D eigenvalue weighted by molar-refractivity contribution is 5.94. The van der Waals surface area contributed by atoms with Crippen LogP contribution >= 0.6 is 0 Å². The summed E-state index contributed by atoms with van der Waals surface area (Å²) < 4.78 is 5.43. The third-order valence-corrected chi connectivity index (χ3v) is 4.30. The van der Waals surface area contributed by atoms with Crippen molar-refractivity contribution in [3.8, 4) is 11.4 Å². The fraction of sp³-hybridized carbons (Fsp3) is 0.222. The Kier molecular flexibility index (Phi) is 3.89. The van der Waals surface area contributed by atoms with Crippen LogP contribution in [0.1, 0.15) is 35.1 Å². The van der Waals surface area contributed by atoms with Gasteiger partial charge >= 0.3 is 0 Å². The molecule has 2 aromatic heterocycles. The van der Waals surface area contributed by atoms with Gasteiger partial charge in [-0.05, 0) is 18.9 Å². The van der Waals surface area contributed by atoms with Crippen molar-refractivity contribution >= 4 is 5.91 Å². The lowest BCUT2D eigenvalue weighted by Crippen LogP contribution is -2.31. The molecule has 1 aliphatic rings. The fourth-order valence-electron chi connectivity index (χ4n) is 3.05. The van der Waals surface area contributed by atoms with E-state index in [9.17, 15) is 9.59 Å². The smallest absolute Gasteiger partial charge is 0.256 e. The number of nitrogens with one attached hydrogen (secondary N) is 1. The van der Waals surface area contributed by atoms with E-state index in [1.165, 1.54) is 18.3 Å². The van der Waals surface area contributed by atoms with Crippen molar-refractivity contribution in [3.63, 3.8) is 0 Å². The summed E-state index contributed by atoms with van der Waals surface area (Å²) in [5.41, 5.74) is 1.07. The summed E-state index contributed by atoms with van der Waals surface area (Å²) in [5, 5.41) is 4.04. The molecule has 1 amide bonds. The van der Waals surface area contributed by atoms with E-state index in [-0.39, 0.29) is 17.5 Å². The normalized spacial score (nSPS) is 17.0. The predicted molar refractivity (Wildman–Crippen MR) is 89.8 cm³/mol. The number of carbonyl (C=O) groups excluding carboxylic acids is 1. The number of carbonyl (C=O) groups is 1. The van der Waals surface area contributed by atoms with Crippen LogP contribution in [0.2, 0.25) is 0 Å². The SMILES string of the molecule is O=C(c1ccc(=O)[nH]c1)N1CCCC1c1nc(-c2ccccc2)no1. The molecular formula is C18H16N4O3. The highest BCUT2D eigenvalue weighted by Crippen LogP contribution is 2.33. The first-order valence-electron chi connectivity index (χ1n) is 8.11. The second-order valence-corrected chi connectivity index (χ2v) is 5.92. The lowest BCUT2D eigenvalue weighted by molar-refractivity contribution is 0.0709. The minimum absolute atomic E-state index is 0.154. The largest absolute Gasteiger partial charge is 0.337 e. The van der Waals surface area contributed by atoms with Crippen molar-refractivity contribution in [2.24, 2.45) is 0 Å². The van der Waals surface area contributed by atoms with Gasteiger partial charge in [0, 0.05) is 24.4 Å². The maximum Gasteiger partial charge on any atom is 0.256 e. The van der Waals surface area contributed by atoms with Gasteiger partial charge in [0.15, 0.2) is 0 Å². The van der Waals surface area contributed by atoms with Crippen LogP contribution in [-0.2, 0) is 0 Å². The molecule has 0 radical (unpaired) electrons. The van der Waals surface area contributed by atoms with Crippen LogP contribution in [0.25, 0.3) is 11.4 Å². The maximum atomic E-state index is 12.7. The minimum Gasteiger partial charge on any atom is -0.337 e. The van der Waals surface area contributed by atoms with E-state index in [1.54, 1.807) is 4.90 Å². The van der Waals surface area contributed by atoms with Crippen LogP contribution in [0.4, 0.5) is 0 Å². The molecule has 4 rings (SSSR count).